The van der Waals surface area contributed by atoms with Crippen LogP contribution in [0.3, 0.4) is 0 Å². The van der Waals surface area contributed by atoms with Gasteiger partial charge in [0.15, 0.2) is 0 Å². The van der Waals surface area contributed by atoms with Crippen LogP contribution in [-0.2, 0) is 9.59 Å². The summed E-state index contributed by atoms with van der Waals surface area (Å²) in [5, 5.41) is 6.62. The van der Waals surface area contributed by atoms with E-state index in [2.05, 4.69) is 31.8 Å². The minimum atomic E-state index is -0.321. The predicted octanol–water partition coefficient (Wildman–Crippen LogP) is 3.72. The lowest BCUT2D eigenvalue weighted by atomic mass is 10.2. The molecule has 0 atom stereocenters. The number of hydrazone groups is 1. The minimum absolute atomic E-state index is 0.0585. The topological polar surface area (TPSA) is 79.8 Å². The van der Waals surface area contributed by atoms with E-state index in [0.717, 1.165) is 15.8 Å². The van der Waals surface area contributed by atoms with Crippen molar-refractivity contribution in [2.45, 2.75) is 19.8 Å². The molecule has 6 nitrogen and oxygen atoms in total. The standard InChI is InChI=1S/C19H20BrN3O3/c1-2-26-17-9-3-14(4-10-17)13-21-23-19(25)12-11-18(24)22-16-7-5-15(20)6-8-16/h3-10,13H,2,11-12H2,1H3,(H,22,24)(H,23,25). The predicted molar refractivity (Wildman–Crippen MR) is 105 cm³/mol. The number of carbonyl (C=O) groups excluding carboxylic acids is 2. The number of amides is 2. The number of halogens is 1. The van der Waals surface area contributed by atoms with Crippen molar-refractivity contribution in [1.82, 2.24) is 5.43 Å². The monoisotopic (exact) mass is 417 g/mol. The van der Waals surface area contributed by atoms with Gasteiger partial charge in [-0.05, 0) is 61.0 Å². The van der Waals surface area contributed by atoms with E-state index in [9.17, 15) is 9.59 Å². The summed E-state index contributed by atoms with van der Waals surface area (Å²) in [6.45, 7) is 2.53. The highest BCUT2D eigenvalue weighted by Gasteiger charge is 2.06. The summed E-state index contributed by atoms with van der Waals surface area (Å²) in [7, 11) is 0. The van der Waals surface area contributed by atoms with Gasteiger partial charge in [0.1, 0.15) is 5.75 Å². The van der Waals surface area contributed by atoms with E-state index in [1.54, 1.807) is 12.1 Å². The fourth-order valence-corrected chi connectivity index (χ4v) is 2.30. The minimum Gasteiger partial charge on any atom is -0.494 e. The lowest BCUT2D eigenvalue weighted by molar-refractivity contribution is -0.124. The van der Waals surface area contributed by atoms with Gasteiger partial charge in [0.05, 0.1) is 12.8 Å². The summed E-state index contributed by atoms with van der Waals surface area (Å²) in [5.74, 6) is 0.238. The van der Waals surface area contributed by atoms with Crippen LogP contribution < -0.4 is 15.5 Å². The molecule has 0 bridgehead atoms. The van der Waals surface area contributed by atoms with Crippen molar-refractivity contribution in [2.24, 2.45) is 5.10 Å². The SMILES string of the molecule is CCOc1ccc(C=NNC(=O)CCC(=O)Nc2ccc(Br)cc2)cc1. The average Bonchev–Trinajstić information content (AvgIpc) is 2.64. The van der Waals surface area contributed by atoms with E-state index in [-0.39, 0.29) is 24.7 Å². The number of rotatable bonds is 8. The Kier molecular flexibility index (Phi) is 7.82. The molecule has 0 saturated carbocycles. The van der Waals surface area contributed by atoms with Crippen LogP contribution in [0.25, 0.3) is 0 Å². The Balaban J connectivity index is 1.70. The van der Waals surface area contributed by atoms with Gasteiger partial charge in [-0.25, -0.2) is 5.43 Å². The fourth-order valence-electron chi connectivity index (χ4n) is 2.04. The molecule has 2 rings (SSSR count). The van der Waals surface area contributed by atoms with E-state index in [1.807, 2.05) is 43.3 Å². The highest BCUT2D eigenvalue weighted by atomic mass is 79.9. The van der Waals surface area contributed by atoms with Gasteiger partial charge in [-0.2, -0.15) is 5.10 Å². The number of nitrogens with zero attached hydrogens (tertiary/aromatic N) is 1. The van der Waals surface area contributed by atoms with E-state index in [1.165, 1.54) is 6.21 Å². The molecule has 0 aliphatic carbocycles. The molecular weight excluding hydrogens is 398 g/mol. The van der Waals surface area contributed by atoms with Crippen LogP contribution in [0, 0.1) is 0 Å². The second-order valence-electron chi connectivity index (χ2n) is 5.35. The maximum atomic E-state index is 11.8. The smallest absolute Gasteiger partial charge is 0.240 e. The number of hydrogen-bond acceptors (Lipinski definition) is 4. The second-order valence-corrected chi connectivity index (χ2v) is 6.27. The molecule has 26 heavy (non-hydrogen) atoms. The number of carbonyl (C=O) groups is 2. The van der Waals surface area contributed by atoms with E-state index < -0.39 is 0 Å². The van der Waals surface area contributed by atoms with Crippen LogP contribution in [0.4, 0.5) is 5.69 Å². The Hall–Kier alpha value is -2.67. The number of hydrogen-bond donors (Lipinski definition) is 2. The molecule has 0 aromatic heterocycles. The normalized spacial score (nSPS) is 10.5. The molecule has 7 heteroatoms. The summed E-state index contributed by atoms with van der Waals surface area (Å²) < 4.78 is 6.28. The molecule has 0 aliphatic heterocycles. The van der Waals surface area contributed by atoms with Crippen LogP contribution in [0.5, 0.6) is 5.75 Å². The maximum Gasteiger partial charge on any atom is 0.240 e. The third kappa shape index (κ3) is 7.06. The van der Waals surface area contributed by atoms with E-state index in [4.69, 9.17) is 4.74 Å². The molecule has 0 radical (unpaired) electrons. The van der Waals surface area contributed by atoms with Gasteiger partial charge in [-0.1, -0.05) is 15.9 Å². The molecule has 2 amide bonds. The van der Waals surface area contributed by atoms with Crippen molar-refractivity contribution in [2.75, 3.05) is 11.9 Å². The zero-order chi connectivity index (χ0) is 18.8. The van der Waals surface area contributed by atoms with Crippen LogP contribution in [0.1, 0.15) is 25.3 Å². The number of benzene rings is 2. The summed E-state index contributed by atoms with van der Waals surface area (Å²) in [6.07, 6.45) is 1.68. The van der Waals surface area contributed by atoms with Crippen molar-refractivity contribution in [3.8, 4) is 5.75 Å². The quantitative estimate of drug-likeness (QED) is 0.507. The lowest BCUT2D eigenvalue weighted by Crippen LogP contribution is -2.20. The second kappa shape index (κ2) is 10.4. The summed E-state index contributed by atoms with van der Waals surface area (Å²) in [4.78, 5) is 23.6. The molecule has 0 heterocycles. The molecule has 2 aromatic carbocycles. The van der Waals surface area contributed by atoms with Gasteiger partial charge in [0.2, 0.25) is 11.8 Å². The van der Waals surface area contributed by atoms with E-state index in [0.29, 0.717) is 12.3 Å². The lowest BCUT2D eigenvalue weighted by Gasteiger charge is -2.05. The van der Waals surface area contributed by atoms with Crippen LogP contribution in [-0.4, -0.2) is 24.6 Å². The number of anilines is 1. The van der Waals surface area contributed by atoms with Crippen molar-refractivity contribution in [3.05, 3.63) is 58.6 Å². The van der Waals surface area contributed by atoms with Gasteiger partial charge in [-0.3, -0.25) is 9.59 Å². The third-order valence-corrected chi connectivity index (χ3v) is 3.83. The van der Waals surface area contributed by atoms with Crippen molar-refractivity contribution >= 4 is 39.6 Å². The van der Waals surface area contributed by atoms with Gasteiger partial charge in [0, 0.05) is 23.0 Å². The molecular formula is C19H20BrN3O3. The summed E-state index contributed by atoms with van der Waals surface area (Å²) in [6, 6.07) is 14.6. The molecule has 2 N–H and O–H groups in total. The zero-order valence-electron chi connectivity index (χ0n) is 14.4. The van der Waals surface area contributed by atoms with Gasteiger partial charge in [0.25, 0.3) is 0 Å². The largest absolute Gasteiger partial charge is 0.494 e. The molecule has 0 saturated heterocycles. The summed E-state index contributed by atoms with van der Waals surface area (Å²) >= 11 is 3.33. The van der Waals surface area contributed by atoms with Crippen LogP contribution in [0.15, 0.2) is 58.1 Å². The van der Waals surface area contributed by atoms with Crippen LogP contribution in [0.2, 0.25) is 0 Å². The van der Waals surface area contributed by atoms with Crippen molar-refractivity contribution in [3.63, 3.8) is 0 Å². The Morgan fingerprint density at radius 3 is 2.35 bits per heavy atom. The Bertz CT molecular complexity index is 759. The van der Waals surface area contributed by atoms with Crippen molar-refractivity contribution < 1.29 is 14.3 Å². The van der Waals surface area contributed by atoms with Gasteiger partial charge < -0.3 is 10.1 Å². The van der Waals surface area contributed by atoms with Crippen molar-refractivity contribution in [1.29, 1.82) is 0 Å². The van der Waals surface area contributed by atoms with Crippen LogP contribution >= 0.6 is 15.9 Å². The third-order valence-electron chi connectivity index (χ3n) is 3.30. The first-order valence-electron chi connectivity index (χ1n) is 8.17. The molecule has 0 fully saturated rings. The Morgan fingerprint density at radius 1 is 1.04 bits per heavy atom. The fraction of sp³-hybridized carbons (Fsp3) is 0.211. The average molecular weight is 418 g/mol. The molecule has 0 unspecified atom stereocenters. The maximum absolute atomic E-state index is 11.8. The van der Waals surface area contributed by atoms with E-state index >= 15 is 0 Å². The molecule has 0 aliphatic rings. The molecule has 2 aromatic rings. The highest BCUT2D eigenvalue weighted by Crippen LogP contribution is 2.14. The highest BCUT2D eigenvalue weighted by molar-refractivity contribution is 9.10. The number of nitrogens with one attached hydrogen (secondary N) is 2. The molecule has 136 valence electrons. The van der Waals surface area contributed by atoms with Gasteiger partial charge in [-0.15, -0.1) is 0 Å². The molecule has 0 spiro atoms. The Morgan fingerprint density at radius 2 is 1.69 bits per heavy atom. The first-order valence-corrected chi connectivity index (χ1v) is 8.96. The van der Waals surface area contributed by atoms with Gasteiger partial charge >= 0.3 is 0 Å². The number of ether oxygens (including phenoxy) is 1. The zero-order valence-corrected chi connectivity index (χ0v) is 16.0. The Labute approximate surface area is 160 Å². The first kappa shape index (κ1) is 19.7. The summed E-state index contributed by atoms with van der Waals surface area (Å²) in [5.41, 5.74) is 3.93. The first-order chi connectivity index (χ1) is 12.6.